The van der Waals surface area contributed by atoms with E-state index in [-0.39, 0.29) is 5.91 Å². The van der Waals surface area contributed by atoms with Crippen LogP contribution in [-0.4, -0.2) is 25.0 Å². The molecule has 1 amide bonds. The molecule has 0 heterocycles. The summed E-state index contributed by atoms with van der Waals surface area (Å²) >= 11 is 0. The second-order valence-electron chi connectivity index (χ2n) is 6.20. The average molecular weight is 288 g/mol. The Kier molecular flexibility index (Phi) is 6.24. The van der Waals surface area contributed by atoms with E-state index in [9.17, 15) is 4.79 Å². The lowest BCUT2D eigenvalue weighted by atomic mass is 10.1. The Bertz CT molecular complexity index is 462. The van der Waals surface area contributed by atoms with Gasteiger partial charge >= 0.3 is 0 Å². The van der Waals surface area contributed by atoms with Crippen molar-refractivity contribution in [1.29, 1.82) is 0 Å². The van der Waals surface area contributed by atoms with Gasteiger partial charge in [0.05, 0.1) is 0 Å². The first-order chi connectivity index (χ1) is 10.2. The van der Waals surface area contributed by atoms with E-state index < -0.39 is 0 Å². The number of aryl methyl sites for hydroxylation is 2. The summed E-state index contributed by atoms with van der Waals surface area (Å²) in [6.45, 7) is 5.66. The van der Waals surface area contributed by atoms with E-state index in [1.54, 1.807) is 0 Å². The maximum absolute atomic E-state index is 12.1. The average Bonchev–Trinajstić information content (AvgIpc) is 2.75. The smallest absolute Gasteiger partial charge is 0.251 e. The molecule has 116 valence electrons. The van der Waals surface area contributed by atoms with Crippen molar-refractivity contribution in [2.24, 2.45) is 0 Å². The van der Waals surface area contributed by atoms with Gasteiger partial charge in [-0.25, -0.2) is 0 Å². The minimum absolute atomic E-state index is 0.0285. The van der Waals surface area contributed by atoms with E-state index in [0.717, 1.165) is 12.1 Å². The third-order valence-electron chi connectivity index (χ3n) is 4.47. The maximum Gasteiger partial charge on any atom is 0.251 e. The molecule has 3 nitrogen and oxygen atoms in total. The van der Waals surface area contributed by atoms with Gasteiger partial charge in [0.15, 0.2) is 0 Å². The van der Waals surface area contributed by atoms with Crippen LogP contribution in [0.3, 0.4) is 0 Å². The van der Waals surface area contributed by atoms with Crippen LogP contribution in [0.5, 0.6) is 0 Å². The zero-order valence-electron chi connectivity index (χ0n) is 13.4. The van der Waals surface area contributed by atoms with Gasteiger partial charge in [-0.15, -0.1) is 0 Å². The zero-order chi connectivity index (χ0) is 15.1. The predicted octanol–water partition coefficient (Wildman–Crippen LogP) is 3.35. The number of carbonyl (C=O) groups is 1. The Hall–Kier alpha value is -1.35. The molecule has 1 aromatic carbocycles. The van der Waals surface area contributed by atoms with Crippen LogP contribution in [0.2, 0.25) is 0 Å². The lowest BCUT2D eigenvalue weighted by Crippen LogP contribution is -2.36. The van der Waals surface area contributed by atoms with Crippen LogP contribution in [0, 0.1) is 13.8 Å². The fraction of sp³-hybridized carbons (Fsp3) is 0.611. The molecule has 0 radical (unpaired) electrons. The van der Waals surface area contributed by atoms with Crippen LogP contribution in [0.1, 0.15) is 60.0 Å². The topological polar surface area (TPSA) is 41.1 Å². The molecule has 0 saturated heterocycles. The summed E-state index contributed by atoms with van der Waals surface area (Å²) < 4.78 is 0. The summed E-state index contributed by atoms with van der Waals surface area (Å²) in [7, 11) is 0. The first-order valence-electron chi connectivity index (χ1n) is 8.25. The van der Waals surface area contributed by atoms with Crippen molar-refractivity contribution in [2.75, 3.05) is 13.1 Å². The van der Waals surface area contributed by atoms with Gasteiger partial charge < -0.3 is 10.6 Å². The maximum atomic E-state index is 12.1. The highest BCUT2D eigenvalue weighted by Crippen LogP contribution is 2.16. The molecular weight excluding hydrogens is 260 g/mol. The van der Waals surface area contributed by atoms with Crippen LogP contribution < -0.4 is 10.6 Å². The highest BCUT2D eigenvalue weighted by Gasteiger charge is 2.11. The van der Waals surface area contributed by atoms with Gasteiger partial charge in [0, 0.05) is 24.7 Å². The van der Waals surface area contributed by atoms with E-state index in [1.807, 2.05) is 25.1 Å². The first-order valence-corrected chi connectivity index (χ1v) is 8.25. The monoisotopic (exact) mass is 288 g/mol. The fourth-order valence-corrected chi connectivity index (χ4v) is 2.92. The van der Waals surface area contributed by atoms with Crippen molar-refractivity contribution in [3.8, 4) is 0 Å². The van der Waals surface area contributed by atoms with Gasteiger partial charge in [-0.3, -0.25) is 4.79 Å². The van der Waals surface area contributed by atoms with Crippen LogP contribution >= 0.6 is 0 Å². The van der Waals surface area contributed by atoms with Crippen molar-refractivity contribution in [3.05, 3.63) is 34.9 Å². The molecule has 2 N–H and O–H groups in total. The van der Waals surface area contributed by atoms with Crippen molar-refractivity contribution < 1.29 is 4.79 Å². The summed E-state index contributed by atoms with van der Waals surface area (Å²) in [6.07, 6.45) is 8.00. The van der Waals surface area contributed by atoms with Crippen molar-refractivity contribution >= 4 is 5.91 Å². The Morgan fingerprint density at radius 2 is 1.76 bits per heavy atom. The molecule has 21 heavy (non-hydrogen) atoms. The standard InChI is InChI=1S/C18H28N2O/c1-14-9-10-16(13-15(14)2)18(21)20-12-11-19-17-7-5-3-4-6-8-17/h9-10,13,17,19H,3-8,11-12H2,1-2H3,(H,20,21). The lowest BCUT2D eigenvalue weighted by Gasteiger charge is -2.16. The lowest BCUT2D eigenvalue weighted by molar-refractivity contribution is 0.0953. The number of hydrogen-bond donors (Lipinski definition) is 2. The molecule has 2 rings (SSSR count). The molecular formula is C18H28N2O. The predicted molar refractivity (Wildman–Crippen MR) is 87.7 cm³/mol. The Morgan fingerprint density at radius 3 is 2.43 bits per heavy atom. The Balaban J connectivity index is 1.70. The molecule has 1 fully saturated rings. The number of hydrogen-bond acceptors (Lipinski definition) is 2. The second-order valence-corrected chi connectivity index (χ2v) is 6.20. The third kappa shape index (κ3) is 5.16. The Morgan fingerprint density at radius 1 is 1.05 bits per heavy atom. The number of carbonyl (C=O) groups excluding carboxylic acids is 1. The van der Waals surface area contributed by atoms with Gasteiger partial charge in [0.1, 0.15) is 0 Å². The zero-order valence-corrected chi connectivity index (χ0v) is 13.4. The molecule has 1 aromatic rings. The van der Waals surface area contributed by atoms with Crippen LogP contribution in [0.15, 0.2) is 18.2 Å². The summed E-state index contributed by atoms with van der Waals surface area (Å²) in [4.78, 5) is 12.1. The molecule has 0 bridgehead atoms. The number of rotatable bonds is 5. The molecule has 1 aliphatic carbocycles. The normalized spacial score (nSPS) is 16.5. The van der Waals surface area contributed by atoms with Gasteiger partial charge in [-0.2, -0.15) is 0 Å². The minimum atomic E-state index is 0.0285. The summed E-state index contributed by atoms with van der Waals surface area (Å²) in [6, 6.07) is 6.51. The van der Waals surface area contributed by atoms with Crippen molar-refractivity contribution in [2.45, 2.75) is 58.4 Å². The van der Waals surface area contributed by atoms with Crippen LogP contribution in [-0.2, 0) is 0 Å². The van der Waals surface area contributed by atoms with E-state index in [2.05, 4.69) is 17.6 Å². The molecule has 1 aliphatic rings. The highest BCUT2D eigenvalue weighted by molar-refractivity contribution is 5.94. The number of nitrogens with one attached hydrogen (secondary N) is 2. The fourth-order valence-electron chi connectivity index (χ4n) is 2.92. The second kappa shape index (κ2) is 8.18. The number of benzene rings is 1. The molecule has 0 aromatic heterocycles. The molecule has 0 spiro atoms. The highest BCUT2D eigenvalue weighted by atomic mass is 16.1. The summed E-state index contributed by atoms with van der Waals surface area (Å²) in [5.41, 5.74) is 3.15. The number of amides is 1. The van der Waals surface area contributed by atoms with E-state index in [0.29, 0.717) is 12.6 Å². The van der Waals surface area contributed by atoms with Gasteiger partial charge in [-0.05, 0) is 49.9 Å². The molecule has 1 saturated carbocycles. The van der Waals surface area contributed by atoms with Crippen molar-refractivity contribution in [3.63, 3.8) is 0 Å². The summed E-state index contributed by atoms with van der Waals surface area (Å²) in [5, 5.41) is 6.57. The van der Waals surface area contributed by atoms with E-state index in [4.69, 9.17) is 0 Å². The quantitative estimate of drug-likeness (QED) is 0.644. The van der Waals surface area contributed by atoms with E-state index >= 15 is 0 Å². The van der Waals surface area contributed by atoms with Gasteiger partial charge in [-0.1, -0.05) is 31.7 Å². The van der Waals surface area contributed by atoms with Crippen molar-refractivity contribution in [1.82, 2.24) is 10.6 Å². The molecule has 0 aliphatic heterocycles. The van der Waals surface area contributed by atoms with Crippen LogP contribution in [0.4, 0.5) is 0 Å². The third-order valence-corrected chi connectivity index (χ3v) is 4.47. The molecule has 0 atom stereocenters. The largest absolute Gasteiger partial charge is 0.351 e. The molecule has 0 unspecified atom stereocenters. The Labute approximate surface area is 128 Å². The van der Waals surface area contributed by atoms with Gasteiger partial charge in [0.25, 0.3) is 5.91 Å². The summed E-state index contributed by atoms with van der Waals surface area (Å²) in [5.74, 6) is 0.0285. The van der Waals surface area contributed by atoms with Gasteiger partial charge in [0.2, 0.25) is 0 Å². The SMILES string of the molecule is Cc1ccc(C(=O)NCCNC2CCCCCC2)cc1C. The van der Waals surface area contributed by atoms with E-state index in [1.165, 1.54) is 49.7 Å². The van der Waals surface area contributed by atoms with Crippen LogP contribution in [0.25, 0.3) is 0 Å². The minimum Gasteiger partial charge on any atom is -0.351 e. The molecule has 3 heteroatoms. The first kappa shape index (κ1) is 16.0.